The zero-order valence-corrected chi connectivity index (χ0v) is 36.1. The summed E-state index contributed by atoms with van der Waals surface area (Å²) in [7, 11) is 3.22. The van der Waals surface area contributed by atoms with Gasteiger partial charge in [0.25, 0.3) is 0 Å². The van der Waals surface area contributed by atoms with Gasteiger partial charge in [-0.1, -0.05) is 44.2 Å². The second kappa shape index (κ2) is 18.4. The van der Waals surface area contributed by atoms with Gasteiger partial charge in [0, 0.05) is 52.2 Å². The maximum atomic E-state index is 14.2. The average Bonchev–Trinajstić information content (AvgIpc) is 3.53. The number of fused-ring (bicyclic) bond motifs is 2. The molecule has 0 saturated carbocycles. The molecule has 6 heterocycles. The van der Waals surface area contributed by atoms with Gasteiger partial charge in [-0.15, -0.1) is 0 Å². The standard InChI is InChI=1S/C45H67O14/c1-23-15-16-44(58-27(23)5)21-32-18-31(59-44)14-13-25(3)40(24(2)11-10-12-30-22-52-42-38(46)26(4)17-33(43(48)55-32)45(30,42)49)56-37-20-35(51-9)41(29(7)54-37)57-36-19-34(50-8)39(47)28(6)53-36/h10-13,15,17,23-24,27-29,31-42,46-47,49H,14,16,18-22H2,1-9H3/b11-10+,25-13+,30-12+. The lowest BCUT2D eigenvalue weighted by atomic mass is 9.71. The predicted octanol–water partition coefficient (Wildman–Crippen LogP) is 4.39. The third-order valence-corrected chi connectivity index (χ3v) is 13.8. The molecule has 19 atom stereocenters. The summed E-state index contributed by atoms with van der Waals surface area (Å²) in [5, 5.41) is 34.1. The number of aliphatic hydroxyl groups excluding tert-OH is 2. The van der Waals surface area contributed by atoms with Crippen LogP contribution in [0.4, 0.5) is 0 Å². The number of hydrogen-bond acceptors (Lipinski definition) is 14. The molecule has 331 valence electrons. The number of ether oxygens (including phenoxy) is 10. The zero-order valence-electron chi connectivity index (χ0n) is 36.1. The highest BCUT2D eigenvalue weighted by Gasteiger charge is 2.60. The topological polar surface area (TPSA) is 170 Å². The number of carbonyl (C=O) groups excluding carboxylic acids is 1. The second-order valence-corrected chi connectivity index (χ2v) is 18.0. The molecule has 5 saturated heterocycles. The van der Waals surface area contributed by atoms with Crippen LogP contribution in [0.15, 0.2) is 47.1 Å². The molecule has 3 N–H and O–H groups in total. The van der Waals surface area contributed by atoms with E-state index < -0.39 is 90.8 Å². The van der Waals surface area contributed by atoms with Gasteiger partial charge >= 0.3 is 5.97 Å². The fourth-order valence-corrected chi connectivity index (χ4v) is 10.0. The van der Waals surface area contributed by atoms with Gasteiger partial charge in [0.2, 0.25) is 0 Å². The number of methoxy groups -OCH3 is 2. The third kappa shape index (κ3) is 9.21. The Morgan fingerprint density at radius 3 is 2.27 bits per heavy atom. The van der Waals surface area contributed by atoms with E-state index in [1.807, 2.05) is 32.9 Å². The minimum absolute atomic E-state index is 0.0376. The van der Waals surface area contributed by atoms with E-state index in [9.17, 15) is 20.1 Å². The molecular formula is C45H67O14. The van der Waals surface area contributed by atoms with E-state index >= 15 is 0 Å². The van der Waals surface area contributed by atoms with E-state index in [2.05, 4.69) is 26.3 Å². The van der Waals surface area contributed by atoms with Crippen LogP contribution in [0.2, 0.25) is 0 Å². The van der Waals surface area contributed by atoms with Gasteiger partial charge < -0.3 is 62.7 Å². The van der Waals surface area contributed by atoms with E-state index in [-0.39, 0.29) is 36.8 Å². The monoisotopic (exact) mass is 831 g/mol. The van der Waals surface area contributed by atoms with E-state index in [1.54, 1.807) is 40.2 Å². The second-order valence-electron chi connectivity index (χ2n) is 18.0. The molecule has 6 aliphatic heterocycles. The van der Waals surface area contributed by atoms with Crippen LogP contribution in [0.1, 0.15) is 87.0 Å². The molecule has 14 heteroatoms. The summed E-state index contributed by atoms with van der Waals surface area (Å²) in [5.74, 6) is -2.59. The molecule has 0 amide bonds. The van der Waals surface area contributed by atoms with Crippen LogP contribution in [0, 0.1) is 24.2 Å². The predicted molar refractivity (Wildman–Crippen MR) is 213 cm³/mol. The first-order chi connectivity index (χ1) is 28.0. The minimum atomic E-state index is -1.82. The lowest BCUT2D eigenvalue weighted by Gasteiger charge is -2.49. The molecule has 7 aliphatic rings. The molecule has 0 aromatic heterocycles. The van der Waals surface area contributed by atoms with E-state index in [0.29, 0.717) is 49.7 Å². The number of rotatable bonds is 6. The quantitative estimate of drug-likeness (QED) is 0.255. The Morgan fingerprint density at radius 2 is 1.54 bits per heavy atom. The van der Waals surface area contributed by atoms with Crippen molar-refractivity contribution in [2.45, 2.75) is 184 Å². The highest BCUT2D eigenvalue weighted by atomic mass is 16.7. The lowest BCUT2D eigenvalue weighted by Crippen LogP contribution is -2.58. The maximum Gasteiger partial charge on any atom is 0.316 e. The van der Waals surface area contributed by atoms with Gasteiger partial charge in [0.1, 0.15) is 42.0 Å². The number of esters is 1. The Labute approximate surface area is 349 Å². The summed E-state index contributed by atoms with van der Waals surface area (Å²) in [6.07, 6.45) is 6.48. The first-order valence-corrected chi connectivity index (χ1v) is 21.6. The van der Waals surface area contributed by atoms with Crippen molar-refractivity contribution in [2.24, 2.45) is 17.8 Å². The molecule has 0 aromatic carbocycles. The average molecular weight is 832 g/mol. The molecule has 59 heavy (non-hydrogen) atoms. The van der Waals surface area contributed by atoms with Crippen LogP contribution < -0.4 is 0 Å². The highest BCUT2D eigenvalue weighted by Crippen LogP contribution is 2.47. The smallest absolute Gasteiger partial charge is 0.316 e. The van der Waals surface area contributed by atoms with Crippen LogP contribution in [0.25, 0.3) is 0 Å². The van der Waals surface area contributed by atoms with Crippen molar-refractivity contribution in [2.75, 3.05) is 20.8 Å². The normalized spacial score (nSPS) is 50.7. The Kier molecular flexibility index (Phi) is 14.0. The first kappa shape index (κ1) is 45.0. The van der Waals surface area contributed by atoms with Crippen LogP contribution in [0.3, 0.4) is 0 Å². The number of allylic oxidation sites excluding steroid dienone is 2. The summed E-state index contributed by atoms with van der Waals surface area (Å²) >= 11 is 0. The summed E-state index contributed by atoms with van der Waals surface area (Å²) in [5.41, 5.74) is 0.162. The molecule has 1 spiro atoms. The van der Waals surface area contributed by atoms with Gasteiger partial charge in [0.05, 0.1) is 49.3 Å². The van der Waals surface area contributed by atoms with Crippen LogP contribution in [0.5, 0.6) is 0 Å². The fourth-order valence-electron chi connectivity index (χ4n) is 10.0. The molecule has 2 bridgehead atoms. The Morgan fingerprint density at radius 1 is 0.831 bits per heavy atom. The van der Waals surface area contributed by atoms with Crippen molar-refractivity contribution in [1.82, 2.24) is 0 Å². The van der Waals surface area contributed by atoms with Gasteiger partial charge in [-0.05, 0) is 70.1 Å². The number of hydrogen-bond donors (Lipinski definition) is 3. The summed E-state index contributed by atoms with van der Waals surface area (Å²) in [4.78, 5) is 14.2. The fraction of sp³-hybridized carbons (Fsp3) is 0.778. The van der Waals surface area contributed by atoms with Crippen molar-refractivity contribution in [3.63, 3.8) is 0 Å². The van der Waals surface area contributed by atoms with Crippen LogP contribution >= 0.6 is 0 Å². The van der Waals surface area contributed by atoms with E-state index in [1.165, 1.54) is 0 Å². The maximum absolute atomic E-state index is 14.2. The van der Waals surface area contributed by atoms with Gasteiger partial charge in [0.15, 0.2) is 18.4 Å². The van der Waals surface area contributed by atoms with Crippen molar-refractivity contribution in [1.29, 1.82) is 0 Å². The van der Waals surface area contributed by atoms with Crippen molar-refractivity contribution < 1.29 is 67.5 Å². The van der Waals surface area contributed by atoms with Crippen molar-refractivity contribution in [3.8, 4) is 0 Å². The third-order valence-electron chi connectivity index (χ3n) is 13.8. The molecule has 5 fully saturated rings. The summed E-state index contributed by atoms with van der Waals surface area (Å²) in [6.45, 7) is 13.7. The molecule has 19 unspecified atom stereocenters. The number of aliphatic hydroxyl groups is 3. The largest absolute Gasteiger partial charge is 0.462 e. The van der Waals surface area contributed by atoms with E-state index in [0.717, 1.165) is 5.57 Å². The SMILES string of the molecule is COC1CC(OC2C(C)OC(OC3/C(C)=C/CC4CC(CC5(C[CH]C(C)C(C)O5)O4)OC(=O)C4C=C(C)C(O)C5OC/C(=C\C=C\C3C)C45O)CC2OC)OC(C)C1O. The molecule has 7 rings (SSSR count). The molecule has 0 aromatic rings. The molecular weight excluding hydrogens is 764 g/mol. The molecule has 1 radical (unpaired) electrons. The number of carbonyl (C=O) groups is 1. The Hall–Kier alpha value is -2.05. The van der Waals surface area contributed by atoms with Crippen LogP contribution in [-0.4, -0.2) is 139 Å². The lowest BCUT2D eigenvalue weighted by molar-refractivity contribution is -0.324. The summed E-state index contributed by atoms with van der Waals surface area (Å²) < 4.78 is 63.1. The Balaban J connectivity index is 1.16. The molecule has 14 nitrogen and oxygen atoms in total. The van der Waals surface area contributed by atoms with Gasteiger partial charge in [-0.25, -0.2) is 0 Å². The van der Waals surface area contributed by atoms with Crippen molar-refractivity contribution >= 4 is 5.97 Å². The van der Waals surface area contributed by atoms with E-state index in [4.69, 9.17) is 47.4 Å². The summed E-state index contributed by atoms with van der Waals surface area (Å²) in [6, 6.07) is 0. The Bertz CT molecular complexity index is 1610. The minimum Gasteiger partial charge on any atom is -0.462 e. The van der Waals surface area contributed by atoms with Gasteiger partial charge in [-0.3, -0.25) is 4.79 Å². The zero-order chi connectivity index (χ0) is 42.4. The van der Waals surface area contributed by atoms with Crippen LogP contribution in [-0.2, 0) is 52.2 Å². The van der Waals surface area contributed by atoms with Gasteiger partial charge in [-0.2, -0.15) is 0 Å². The highest BCUT2D eigenvalue weighted by molar-refractivity contribution is 5.78. The van der Waals surface area contributed by atoms with Crippen molar-refractivity contribution in [3.05, 3.63) is 53.5 Å². The first-order valence-electron chi connectivity index (χ1n) is 21.6. The molecule has 1 aliphatic carbocycles.